The first-order valence-electron chi connectivity index (χ1n) is 8.46. The summed E-state index contributed by atoms with van der Waals surface area (Å²) >= 11 is 0. The van der Waals surface area contributed by atoms with Crippen molar-refractivity contribution in [2.45, 2.75) is 26.7 Å². The van der Waals surface area contributed by atoms with Crippen LogP contribution in [0.4, 0.5) is 0 Å². The van der Waals surface area contributed by atoms with E-state index in [-0.39, 0.29) is 0 Å². The van der Waals surface area contributed by atoms with Crippen LogP contribution in [-0.4, -0.2) is 20.3 Å². The van der Waals surface area contributed by atoms with Crippen LogP contribution in [0.5, 0.6) is 0 Å². The lowest BCUT2D eigenvalue weighted by atomic mass is 10.1. The van der Waals surface area contributed by atoms with Gasteiger partial charge in [-0.1, -0.05) is 57.8 Å². The SMILES string of the molecule is Cc1cccc(-c2noc(CCc3nc(-c4cccc(C)c4)no3)n2)c1. The summed E-state index contributed by atoms with van der Waals surface area (Å²) in [6, 6.07) is 16.0. The van der Waals surface area contributed by atoms with Gasteiger partial charge in [-0.2, -0.15) is 9.97 Å². The molecule has 0 radical (unpaired) electrons. The molecule has 2 heterocycles. The summed E-state index contributed by atoms with van der Waals surface area (Å²) in [6.45, 7) is 4.07. The van der Waals surface area contributed by atoms with Gasteiger partial charge in [0.1, 0.15) is 0 Å². The predicted molar refractivity (Wildman–Crippen MR) is 96.4 cm³/mol. The molecular formula is C20H18N4O2. The molecule has 0 unspecified atom stereocenters. The van der Waals surface area contributed by atoms with Crippen molar-refractivity contribution in [1.82, 2.24) is 20.3 Å². The van der Waals surface area contributed by atoms with Gasteiger partial charge in [-0.05, 0) is 26.0 Å². The molecule has 130 valence electrons. The molecule has 0 saturated heterocycles. The summed E-state index contributed by atoms with van der Waals surface area (Å²) in [5, 5.41) is 8.10. The molecule has 0 spiro atoms. The van der Waals surface area contributed by atoms with E-state index in [9.17, 15) is 0 Å². The van der Waals surface area contributed by atoms with Crippen LogP contribution in [0.2, 0.25) is 0 Å². The van der Waals surface area contributed by atoms with Gasteiger partial charge in [-0.15, -0.1) is 0 Å². The van der Waals surface area contributed by atoms with Crippen molar-refractivity contribution in [3.05, 3.63) is 71.4 Å². The first-order valence-corrected chi connectivity index (χ1v) is 8.46. The molecule has 0 amide bonds. The number of aromatic nitrogens is 4. The number of aryl methyl sites for hydroxylation is 4. The molecule has 6 nitrogen and oxygen atoms in total. The fraction of sp³-hybridized carbons (Fsp3) is 0.200. The summed E-state index contributed by atoms with van der Waals surface area (Å²) < 4.78 is 10.7. The van der Waals surface area contributed by atoms with E-state index in [2.05, 4.69) is 20.3 Å². The normalized spacial score (nSPS) is 11.0. The number of hydrogen-bond acceptors (Lipinski definition) is 6. The highest BCUT2D eigenvalue weighted by atomic mass is 16.5. The van der Waals surface area contributed by atoms with Crippen molar-refractivity contribution >= 4 is 0 Å². The van der Waals surface area contributed by atoms with Gasteiger partial charge < -0.3 is 9.05 Å². The largest absolute Gasteiger partial charge is 0.339 e. The Morgan fingerprint density at radius 3 is 1.58 bits per heavy atom. The highest BCUT2D eigenvalue weighted by molar-refractivity contribution is 5.56. The molecule has 0 aliphatic carbocycles. The minimum Gasteiger partial charge on any atom is -0.339 e. The molecule has 2 aromatic heterocycles. The molecule has 6 heteroatoms. The van der Waals surface area contributed by atoms with E-state index in [0.717, 1.165) is 22.3 Å². The summed E-state index contributed by atoms with van der Waals surface area (Å²) in [7, 11) is 0. The van der Waals surface area contributed by atoms with Crippen LogP contribution in [0.3, 0.4) is 0 Å². The molecule has 0 N–H and O–H groups in total. The van der Waals surface area contributed by atoms with E-state index in [4.69, 9.17) is 9.05 Å². The molecule has 0 bridgehead atoms. The topological polar surface area (TPSA) is 77.8 Å². The molecular weight excluding hydrogens is 328 g/mol. The van der Waals surface area contributed by atoms with Gasteiger partial charge in [-0.3, -0.25) is 0 Å². The molecule has 0 aliphatic heterocycles. The number of benzene rings is 2. The zero-order valence-corrected chi connectivity index (χ0v) is 14.6. The molecule has 2 aromatic carbocycles. The van der Waals surface area contributed by atoms with Gasteiger partial charge in [0.2, 0.25) is 23.4 Å². The second-order valence-corrected chi connectivity index (χ2v) is 6.26. The third kappa shape index (κ3) is 3.54. The fourth-order valence-corrected chi connectivity index (χ4v) is 2.73. The fourth-order valence-electron chi connectivity index (χ4n) is 2.73. The summed E-state index contributed by atoms with van der Waals surface area (Å²) in [4.78, 5) is 8.89. The lowest BCUT2D eigenvalue weighted by Crippen LogP contribution is -1.92. The highest BCUT2D eigenvalue weighted by Crippen LogP contribution is 2.19. The molecule has 4 rings (SSSR count). The Balaban J connectivity index is 1.44. The van der Waals surface area contributed by atoms with E-state index in [1.54, 1.807) is 0 Å². The second kappa shape index (κ2) is 6.92. The number of hydrogen-bond donors (Lipinski definition) is 0. The third-order valence-corrected chi connectivity index (χ3v) is 4.04. The van der Waals surface area contributed by atoms with Gasteiger partial charge in [0, 0.05) is 24.0 Å². The zero-order valence-electron chi connectivity index (χ0n) is 14.6. The maximum Gasteiger partial charge on any atom is 0.227 e. The Morgan fingerprint density at radius 1 is 0.692 bits per heavy atom. The molecule has 0 saturated carbocycles. The van der Waals surface area contributed by atoms with E-state index in [1.807, 2.05) is 62.4 Å². The second-order valence-electron chi connectivity index (χ2n) is 6.26. The van der Waals surface area contributed by atoms with Crippen LogP contribution in [0.15, 0.2) is 57.6 Å². The Labute approximate surface area is 150 Å². The van der Waals surface area contributed by atoms with Gasteiger partial charge in [0.15, 0.2) is 0 Å². The number of rotatable bonds is 5. The van der Waals surface area contributed by atoms with Crippen LogP contribution >= 0.6 is 0 Å². The highest BCUT2D eigenvalue weighted by Gasteiger charge is 2.12. The summed E-state index contributed by atoms with van der Waals surface area (Å²) in [5.74, 6) is 2.29. The standard InChI is InChI=1S/C20H18N4O2/c1-13-5-3-7-15(11-13)19-21-17(25-23-19)9-10-18-22-20(24-26-18)16-8-4-6-14(2)12-16/h3-8,11-12H,9-10H2,1-2H3. The average molecular weight is 346 g/mol. The van der Waals surface area contributed by atoms with E-state index >= 15 is 0 Å². The first kappa shape index (κ1) is 16.2. The Morgan fingerprint density at radius 2 is 1.15 bits per heavy atom. The van der Waals surface area contributed by atoms with Crippen molar-refractivity contribution in [3.63, 3.8) is 0 Å². The van der Waals surface area contributed by atoms with Crippen molar-refractivity contribution < 1.29 is 9.05 Å². The van der Waals surface area contributed by atoms with Gasteiger partial charge >= 0.3 is 0 Å². The lowest BCUT2D eigenvalue weighted by Gasteiger charge is -1.95. The van der Waals surface area contributed by atoms with Gasteiger partial charge in [-0.25, -0.2) is 0 Å². The summed E-state index contributed by atoms with van der Waals surface area (Å²) in [5.41, 5.74) is 4.20. The molecule has 0 atom stereocenters. The molecule has 4 aromatic rings. The van der Waals surface area contributed by atoms with Crippen molar-refractivity contribution in [2.24, 2.45) is 0 Å². The Kier molecular flexibility index (Phi) is 4.31. The van der Waals surface area contributed by atoms with Crippen LogP contribution in [0.25, 0.3) is 22.8 Å². The van der Waals surface area contributed by atoms with Crippen LogP contribution in [0, 0.1) is 13.8 Å². The molecule has 26 heavy (non-hydrogen) atoms. The van der Waals surface area contributed by atoms with E-state index in [1.165, 1.54) is 0 Å². The monoisotopic (exact) mass is 346 g/mol. The van der Waals surface area contributed by atoms with E-state index in [0.29, 0.717) is 36.3 Å². The summed E-state index contributed by atoms with van der Waals surface area (Å²) in [6.07, 6.45) is 1.10. The minimum absolute atomic E-state index is 0.550. The van der Waals surface area contributed by atoms with Gasteiger partial charge in [0.05, 0.1) is 0 Å². The van der Waals surface area contributed by atoms with Crippen molar-refractivity contribution in [1.29, 1.82) is 0 Å². The predicted octanol–water partition coefficient (Wildman–Crippen LogP) is 4.19. The maximum atomic E-state index is 5.34. The minimum atomic E-state index is 0.550. The van der Waals surface area contributed by atoms with Crippen molar-refractivity contribution in [3.8, 4) is 22.8 Å². The van der Waals surface area contributed by atoms with Crippen molar-refractivity contribution in [2.75, 3.05) is 0 Å². The average Bonchev–Trinajstić information content (AvgIpc) is 3.30. The molecule has 0 aliphatic rings. The third-order valence-electron chi connectivity index (χ3n) is 4.04. The van der Waals surface area contributed by atoms with E-state index < -0.39 is 0 Å². The maximum absolute atomic E-state index is 5.34. The quantitative estimate of drug-likeness (QED) is 0.539. The Bertz CT molecular complexity index is 952. The Hall–Kier alpha value is -3.28. The molecule has 0 fully saturated rings. The van der Waals surface area contributed by atoms with Crippen LogP contribution < -0.4 is 0 Å². The van der Waals surface area contributed by atoms with Crippen LogP contribution in [-0.2, 0) is 12.8 Å². The zero-order chi connectivity index (χ0) is 17.9. The smallest absolute Gasteiger partial charge is 0.227 e. The number of nitrogens with zero attached hydrogens (tertiary/aromatic N) is 4. The van der Waals surface area contributed by atoms with Gasteiger partial charge in [0.25, 0.3) is 0 Å². The first-order chi connectivity index (χ1) is 12.7. The lowest BCUT2D eigenvalue weighted by molar-refractivity contribution is 0.354. The van der Waals surface area contributed by atoms with Crippen LogP contribution in [0.1, 0.15) is 22.9 Å².